The number of hydrogen-bond donors (Lipinski definition) is 1. The first kappa shape index (κ1) is 9.84. The second-order valence-electron chi connectivity index (χ2n) is 4.53. The summed E-state index contributed by atoms with van der Waals surface area (Å²) in [7, 11) is 2.13. The second-order valence-corrected chi connectivity index (χ2v) is 5.44. The van der Waals surface area contributed by atoms with Gasteiger partial charge in [0.05, 0.1) is 11.4 Å². The molecule has 2 rings (SSSR count). The van der Waals surface area contributed by atoms with Crippen molar-refractivity contribution in [1.29, 1.82) is 0 Å². The summed E-state index contributed by atoms with van der Waals surface area (Å²) in [6, 6.07) is 6.34. The molecule has 2 nitrogen and oxygen atoms in total. The summed E-state index contributed by atoms with van der Waals surface area (Å²) in [5.41, 5.74) is 2.63. The van der Waals surface area contributed by atoms with E-state index in [1.165, 1.54) is 11.4 Å². The zero-order chi connectivity index (χ0) is 10.3. The molecule has 3 heteroatoms. The van der Waals surface area contributed by atoms with Crippen molar-refractivity contribution in [2.45, 2.75) is 19.4 Å². The van der Waals surface area contributed by atoms with Crippen LogP contribution < -0.4 is 10.2 Å². The van der Waals surface area contributed by atoms with Gasteiger partial charge in [0.25, 0.3) is 0 Å². The van der Waals surface area contributed by atoms with E-state index in [-0.39, 0.29) is 5.54 Å². The van der Waals surface area contributed by atoms with Crippen molar-refractivity contribution >= 4 is 27.3 Å². The molecule has 76 valence electrons. The molecule has 14 heavy (non-hydrogen) atoms. The summed E-state index contributed by atoms with van der Waals surface area (Å²) < 4.78 is 1.13. The van der Waals surface area contributed by atoms with Crippen molar-refractivity contribution < 1.29 is 0 Å². The average molecular weight is 255 g/mol. The summed E-state index contributed by atoms with van der Waals surface area (Å²) in [6.45, 7) is 5.46. The molecule has 0 unspecified atom stereocenters. The fourth-order valence-corrected chi connectivity index (χ4v) is 2.36. The Kier molecular flexibility index (Phi) is 2.22. The molecule has 1 aliphatic rings. The third-order valence-corrected chi connectivity index (χ3v) is 2.97. The minimum Gasteiger partial charge on any atom is -0.377 e. The zero-order valence-corrected chi connectivity index (χ0v) is 10.4. The Hall–Kier alpha value is -0.700. The number of fused-ring (bicyclic) bond motifs is 1. The lowest BCUT2D eigenvalue weighted by Gasteiger charge is -2.40. The summed E-state index contributed by atoms with van der Waals surface area (Å²) in [4.78, 5) is 2.29. The molecule has 0 aromatic heterocycles. The fraction of sp³-hybridized carbons (Fsp3) is 0.455. The number of nitrogens with one attached hydrogen (secondary N) is 1. The molecule has 1 heterocycles. The molecule has 0 saturated heterocycles. The Labute approximate surface area is 93.4 Å². The molecule has 1 N–H and O–H groups in total. The smallest absolute Gasteiger partial charge is 0.0611 e. The van der Waals surface area contributed by atoms with Crippen molar-refractivity contribution in [1.82, 2.24) is 0 Å². The molecule has 0 bridgehead atoms. The van der Waals surface area contributed by atoms with Gasteiger partial charge in [-0.1, -0.05) is 15.9 Å². The zero-order valence-electron chi connectivity index (χ0n) is 8.76. The molecule has 0 saturated carbocycles. The van der Waals surface area contributed by atoms with Crippen LogP contribution in [0.25, 0.3) is 0 Å². The highest BCUT2D eigenvalue weighted by Crippen LogP contribution is 2.35. The van der Waals surface area contributed by atoms with Crippen LogP contribution in [0.4, 0.5) is 11.4 Å². The average Bonchev–Trinajstić information content (AvgIpc) is 2.05. The summed E-state index contributed by atoms with van der Waals surface area (Å²) >= 11 is 3.49. The van der Waals surface area contributed by atoms with Gasteiger partial charge in [0.2, 0.25) is 0 Å². The van der Waals surface area contributed by atoms with Crippen LogP contribution >= 0.6 is 15.9 Å². The quantitative estimate of drug-likeness (QED) is 0.766. The van der Waals surface area contributed by atoms with Gasteiger partial charge in [-0.2, -0.15) is 0 Å². The lowest BCUT2D eigenvalue weighted by Crippen LogP contribution is -2.46. The molecule has 1 aromatic rings. The first-order valence-electron chi connectivity index (χ1n) is 4.77. The van der Waals surface area contributed by atoms with Crippen LogP contribution in [-0.2, 0) is 0 Å². The second kappa shape index (κ2) is 3.16. The number of anilines is 2. The minimum atomic E-state index is 0.148. The van der Waals surface area contributed by atoms with Crippen LogP contribution in [0.3, 0.4) is 0 Å². The Morgan fingerprint density at radius 3 is 2.86 bits per heavy atom. The number of likely N-dealkylation sites (N-methyl/N-ethyl adjacent to an activating group) is 1. The van der Waals surface area contributed by atoms with E-state index in [0.717, 1.165) is 11.0 Å². The first-order chi connectivity index (χ1) is 6.48. The first-order valence-corrected chi connectivity index (χ1v) is 5.56. The fourth-order valence-electron chi connectivity index (χ4n) is 2.01. The topological polar surface area (TPSA) is 15.3 Å². The van der Waals surface area contributed by atoms with Gasteiger partial charge in [0.1, 0.15) is 0 Å². The number of hydrogen-bond acceptors (Lipinski definition) is 2. The van der Waals surface area contributed by atoms with Crippen LogP contribution in [0.2, 0.25) is 0 Å². The van der Waals surface area contributed by atoms with E-state index in [4.69, 9.17) is 0 Å². The Morgan fingerprint density at radius 1 is 1.43 bits per heavy atom. The molecule has 0 atom stereocenters. The predicted octanol–water partition coefficient (Wildman–Crippen LogP) is 3.09. The van der Waals surface area contributed by atoms with E-state index >= 15 is 0 Å². The third-order valence-electron chi connectivity index (χ3n) is 2.48. The minimum absolute atomic E-state index is 0.148. The van der Waals surface area contributed by atoms with Gasteiger partial charge >= 0.3 is 0 Å². The molecule has 0 fully saturated rings. The maximum absolute atomic E-state index is 3.53. The van der Waals surface area contributed by atoms with E-state index in [2.05, 4.69) is 65.2 Å². The monoisotopic (exact) mass is 254 g/mol. The Balaban J connectivity index is 2.45. The molecular formula is C11H15BrN2. The van der Waals surface area contributed by atoms with Crippen LogP contribution in [0.5, 0.6) is 0 Å². The SMILES string of the molecule is CN1CC(C)(C)Nc2ccc(Br)cc21. The van der Waals surface area contributed by atoms with E-state index in [1.54, 1.807) is 0 Å². The molecule has 0 radical (unpaired) electrons. The number of halogens is 1. The largest absolute Gasteiger partial charge is 0.377 e. The van der Waals surface area contributed by atoms with Gasteiger partial charge in [-0.15, -0.1) is 0 Å². The number of nitrogens with zero attached hydrogens (tertiary/aromatic N) is 1. The lowest BCUT2D eigenvalue weighted by atomic mass is 10.00. The van der Waals surface area contributed by atoms with Crippen LogP contribution in [0.15, 0.2) is 22.7 Å². The van der Waals surface area contributed by atoms with Gasteiger partial charge in [-0.25, -0.2) is 0 Å². The summed E-state index contributed by atoms with van der Waals surface area (Å²) in [5.74, 6) is 0. The molecule has 0 spiro atoms. The standard InChI is InChI=1S/C11H15BrN2/c1-11(2)7-14(3)10-6-8(12)4-5-9(10)13-11/h4-6,13H,7H2,1-3H3. The maximum Gasteiger partial charge on any atom is 0.0611 e. The van der Waals surface area contributed by atoms with Crippen LogP contribution in [0, 0.1) is 0 Å². The molecular weight excluding hydrogens is 240 g/mol. The van der Waals surface area contributed by atoms with Gasteiger partial charge in [-0.05, 0) is 32.0 Å². The third kappa shape index (κ3) is 1.73. The highest BCUT2D eigenvalue weighted by molar-refractivity contribution is 9.10. The lowest BCUT2D eigenvalue weighted by molar-refractivity contribution is 0.550. The van der Waals surface area contributed by atoms with Crippen molar-refractivity contribution in [3.8, 4) is 0 Å². The maximum atomic E-state index is 3.53. The van der Waals surface area contributed by atoms with Gasteiger partial charge < -0.3 is 10.2 Å². The van der Waals surface area contributed by atoms with Crippen molar-refractivity contribution in [2.75, 3.05) is 23.8 Å². The molecule has 1 aromatic carbocycles. The van der Waals surface area contributed by atoms with Crippen LogP contribution in [-0.4, -0.2) is 19.1 Å². The molecule has 0 amide bonds. The molecule has 1 aliphatic heterocycles. The number of rotatable bonds is 0. The van der Waals surface area contributed by atoms with Crippen molar-refractivity contribution in [2.24, 2.45) is 0 Å². The van der Waals surface area contributed by atoms with E-state index in [0.29, 0.717) is 0 Å². The van der Waals surface area contributed by atoms with E-state index < -0.39 is 0 Å². The normalized spacial score (nSPS) is 18.7. The Bertz CT molecular complexity index is 360. The highest BCUT2D eigenvalue weighted by atomic mass is 79.9. The molecule has 0 aliphatic carbocycles. The van der Waals surface area contributed by atoms with Crippen molar-refractivity contribution in [3.63, 3.8) is 0 Å². The van der Waals surface area contributed by atoms with Gasteiger partial charge in [-0.3, -0.25) is 0 Å². The van der Waals surface area contributed by atoms with Gasteiger partial charge in [0, 0.05) is 23.6 Å². The number of benzene rings is 1. The van der Waals surface area contributed by atoms with Crippen LogP contribution in [0.1, 0.15) is 13.8 Å². The summed E-state index contributed by atoms with van der Waals surface area (Å²) in [5, 5.41) is 3.53. The van der Waals surface area contributed by atoms with E-state index in [1.807, 2.05) is 0 Å². The predicted molar refractivity (Wildman–Crippen MR) is 65.1 cm³/mol. The Morgan fingerprint density at radius 2 is 2.14 bits per heavy atom. The summed E-state index contributed by atoms with van der Waals surface area (Å²) in [6.07, 6.45) is 0. The van der Waals surface area contributed by atoms with Crippen molar-refractivity contribution in [3.05, 3.63) is 22.7 Å². The van der Waals surface area contributed by atoms with Gasteiger partial charge in [0.15, 0.2) is 0 Å². The highest BCUT2D eigenvalue weighted by Gasteiger charge is 2.27. The van der Waals surface area contributed by atoms with E-state index in [9.17, 15) is 0 Å².